The third-order valence-corrected chi connectivity index (χ3v) is 3.17. The largest absolute Gasteiger partial charge is 0.368 e. The van der Waals surface area contributed by atoms with Gasteiger partial charge in [-0.2, -0.15) is 0 Å². The topological polar surface area (TPSA) is 20.3 Å². The number of carbonyl (C=O) groups excluding carboxylic acids is 1. The molecule has 1 aliphatic heterocycles. The van der Waals surface area contributed by atoms with Gasteiger partial charge >= 0.3 is 0 Å². The Morgan fingerprint density at radius 2 is 2.31 bits per heavy atom. The molecule has 13 heavy (non-hydrogen) atoms. The van der Waals surface area contributed by atoms with Crippen LogP contribution in [0, 0.1) is 5.92 Å². The maximum absolute atomic E-state index is 10.5. The molecule has 1 heterocycles. The molecule has 0 aromatic carbocycles. The summed E-state index contributed by atoms with van der Waals surface area (Å²) in [7, 11) is 0. The van der Waals surface area contributed by atoms with Crippen LogP contribution < -0.4 is 0 Å². The molecule has 0 amide bonds. The summed E-state index contributed by atoms with van der Waals surface area (Å²) in [5.41, 5.74) is 1.46. The van der Waals surface area contributed by atoms with E-state index in [-0.39, 0.29) is 0 Å². The van der Waals surface area contributed by atoms with Gasteiger partial charge in [-0.1, -0.05) is 6.08 Å². The molecule has 0 N–H and O–H groups in total. The lowest BCUT2D eigenvalue weighted by Crippen LogP contribution is -2.35. The number of rotatable bonds is 2. The molecule has 1 saturated heterocycles. The Kier molecular flexibility index (Phi) is 2.67. The zero-order chi connectivity index (χ0) is 9.10. The maximum atomic E-state index is 10.5. The highest BCUT2D eigenvalue weighted by Gasteiger charge is 2.25. The van der Waals surface area contributed by atoms with Crippen molar-refractivity contribution < 1.29 is 4.79 Å². The van der Waals surface area contributed by atoms with Crippen LogP contribution in [-0.2, 0) is 4.79 Å². The fourth-order valence-electron chi connectivity index (χ4n) is 2.55. The van der Waals surface area contributed by atoms with Crippen molar-refractivity contribution in [2.45, 2.75) is 32.1 Å². The average Bonchev–Trinajstić information content (AvgIpc) is 2.19. The van der Waals surface area contributed by atoms with Gasteiger partial charge in [0.15, 0.2) is 0 Å². The van der Waals surface area contributed by atoms with Crippen LogP contribution in [0.2, 0.25) is 0 Å². The van der Waals surface area contributed by atoms with E-state index in [9.17, 15) is 4.79 Å². The number of hydrogen-bond acceptors (Lipinski definition) is 2. The highest BCUT2D eigenvalue weighted by atomic mass is 16.1. The Labute approximate surface area is 79.6 Å². The van der Waals surface area contributed by atoms with Crippen LogP contribution in [-0.4, -0.2) is 24.3 Å². The lowest BCUT2D eigenvalue weighted by molar-refractivity contribution is -0.108. The van der Waals surface area contributed by atoms with Crippen LogP contribution in [0.4, 0.5) is 0 Å². The van der Waals surface area contributed by atoms with Crippen molar-refractivity contribution in [1.82, 2.24) is 4.90 Å². The minimum atomic E-state index is 0.600. The van der Waals surface area contributed by atoms with E-state index < -0.39 is 0 Å². The van der Waals surface area contributed by atoms with Gasteiger partial charge in [0.2, 0.25) is 0 Å². The SMILES string of the molecule is O=CCN1CCCC2CCCC=C21. The third-order valence-electron chi connectivity index (χ3n) is 3.17. The summed E-state index contributed by atoms with van der Waals surface area (Å²) in [6.45, 7) is 1.68. The normalized spacial score (nSPS) is 27.8. The molecule has 0 aromatic heterocycles. The zero-order valence-corrected chi connectivity index (χ0v) is 8.04. The van der Waals surface area contributed by atoms with Crippen LogP contribution >= 0.6 is 0 Å². The summed E-state index contributed by atoms with van der Waals surface area (Å²) in [4.78, 5) is 12.7. The molecular formula is C11H17NO. The predicted octanol–water partition coefficient (Wildman–Crippen LogP) is 1.97. The second-order valence-corrected chi connectivity index (χ2v) is 4.01. The molecule has 2 rings (SSSR count). The van der Waals surface area contributed by atoms with E-state index in [0.717, 1.165) is 18.7 Å². The van der Waals surface area contributed by atoms with Crippen molar-refractivity contribution in [3.8, 4) is 0 Å². The summed E-state index contributed by atoms with van der Waals surface area (Å²) in [6, 6.07) is 0. The van der Waals surface area contributed by atoms with Gasteiger partial charge in [0.25, 0.3) is 0 Å². The number of allylic oxidation sites excluding steroid dienone is 2. The second kappa shape index (κ2) is 3.95. The number of fused-ring (bicyclic) bond motifs is 1. The smallest absolute Gasteiger partial charge is 0.139 e. The molecule has 0 spiro atoms. The number of carbonyl (C=O) groups is 1. The summed E-state index contributed by atoms with van der Waals surface area (Å²) in [6.07, 6.45) is 9.84. The van der Waals surface area contributed by atoms with E-state index in [4.69, 9.17) is 0 Å². The first-order chi connectivity index (χ1) is 6.42. The Bertz CT molecular complexity index is 222. The average molecular weight is 179 g/mol. The van der Waals surface area contributed by atoms with Crippen LogP contribution in [0.1, 0.15) is 32.1 Å². The fourth-order valence-corrected chi connectivity index (χ4v) is 2.55. The van der Waals surface area contributed by atoms with Crippen molar-refractivity contribution in [3.05, 3.63) is 11.8 Å². The van der Waals surface area contributed by atoms with Gasteiger partial charge in [0.05, 0.1) is 6.54 Å². The van der Waals surface area contributed by atoms with Crippen LogP contribution in [0.5, 0.6) is 0 Å². The molecule has 1 aliphatic carbocycles. The van der Waals surface area contributed by atoms with Crippen molar-refractivity contribution in [3.63, 3.8) is 0 Å². The molecule has 2 heteroatoms. The number of piperidine rings is 1. The maximum Gasteiger partial charge on any atom is 0.139 e. The number of aldehydes is 1. The molecule has 2 nitrogen and oxygen atoms in total. The Balaban J connectivity index is 2.09. The fraction of sp³-hybridized carbons (Fsp3) is 0.727. The first-order valence-electron chi connectivity index (χ1n) is 5.30. The third kappa shape index (κ3) is 1.77. The minimum Gasteiger partial charge on any atom is -0.368 e. The van der Waals surface area contributed by atoms with Crippen molar-refractivity contribution >= 4 is 6.29 Å². The lowest BCUT2D eigenvalue weighted by Gasteiger charge is -2.38. The summed E-state index contributed by atoms with van der Waals surface area (Å²) >= 11 is 0. The molecule has 1 unspecified atom stereocenters. The molecule has 1 fully saturated rings. The van der Waals surface area contributed by atoms with E-state index in [1.165, 1.54) is 37.8 Å². The molecule has 72 valence electrons. The lowest BCUT2D eigenvalue weighted by atomic mass is 9.85. The molecule has 0 bridgehead atoms. The first kappa shape index (κ1) is 8.79. The number of nitrogens with zero attached hydrogens (tertiary/aromatic N) is 1. The van der Waals surface area contributed by atoms with Crippen molar-refractivity contribution in [1.29, 1.82) is 0 Å². The van der Waals surface area contributed by atoms with Crippen molar-refractivity contribution in [2.75, 3.05) is 13.1 Å². The van der Waals surface area contributed by atoms with E-state index in [2.05, 4.69) is 11.0 Å². The Morgan fingerprint density at radius 3 is 3.15 bits per heavy atom. The number of hydrogen-bond donors (Lipinski definition) is 0. The summed E-state index contributed by atoms with van der Waals surface area (Å²) < 4.78 is 0. The molecule has 2 aliphatic rings. The van der Waals surface area contributed by atoms with Gasteiger partial charge < -0.3 is 9.69 Å². The first-order valence-corrected chi connectivity index (χ1v) is 5.30. The number of likely N-dealkylation sites (tertiary alicyclic amines) is 1. The summed E-state index contributed by atoms with van der Waals surface area (Å²) in [5.74, 6) is 0.766. The second-order valence-electron chi connectivity index (χ2n) is 4.01. The Hall–Kier alpha value is -0.790. The van der Waals surface area contributed by atoms with E-state index in [1.54, 1.807) is 0 Å². The van der Waals surface area contributed by atoms with Gasteiger partial charge in [-0.05, 0) is 38.0 Å². The van der Waals surface area contributed by atoms with Gasteiger partial charge in [-0.25, -0.2) is 0 Å². The monoisotopic (exact) mass is 179 g/mol. The van der Waals surface area contributed by atoms with E-state index in [0.29, 0.717) is 6.54 Å². The predicted molar refractivity (Wildman–Crippen MR) is 52.3 cm³/mol. The molecule has 0 saturated carbocycles. The molecule has 0 radical (unpaired) electrons. The van der Waals surface area contributed by atoms with Crippen molar-refractivity contribution in [2.24, 2.45) is 5.92 Å². The summed E-state index contributed by atoms with van der Waals surface area (Å²) in [5, 5.41) is 0. The Morgan fingerprint density at radius 1 is 1.46 bits per heavy atom. The molecular weight excluding hydrogens is 162 g/mol. The molecule has 1 atom stereocenters. The van der Waals surface area contributed by atoms with Gasteiger partial charge in [0.1, 0.15) is 6.29 Å². The van der Waals surface area contributed by atoms with Crippen LogP contribution in [0.25, 0.3) is 0 Å². The highest BCUT2D eigenvalue weighted by Crippen LogP contribution is 2.34. The van der Waals surface area contributed by atoms with Crippen LogP contribution in [0.3, 0.4) is 0 Å². The van der Waals surface area contributed by atoms with Gasteiger partial charge in [-0.3, -0.25) is 0 Å². The zero-order valence-electron chi connectivity index (χ0n) is 8.04. The quantitative estimate of drug-likeness (QED) is 0.604. The standard InChI is InChI=1S/C11H17NO/c13-9-8-12-7-3-5-10-4-1-2-6-11(10)12/h6,9-10H,1-5,7-8H2. The van der Waals surface area contributed by atoms with E-state index in [1.807, 2.05) is 0 Å². The van der Waals surface area contributed by atoms with Crippen LogP contribution in [0.15, 0.2) is 11.8 Å². The highest BCUT2D eigenvalue weighted by molar-refractivity contribution is 5.52. The van der Waals surface area contributed by atoms with E-state index >= 15 is 0 Å². The van der Waals surface area contributed by atoms with Gasteiger partial charge in [-0.15, -0.1) is 0 Å². The van der Waals surface area contributed by atoms with Gasteiger partial charge in [0, 0.05) is 12.2 Å². The molecule has 0 aromatic rings. The minimum absolute atomic E-state index is 0.600.